The Balaban J connectivity index is 1.99. The molecule has 2 nitrogen and oxygen atoms in total. The largest absolute Gasteiger partial charge is 0.381 e. The fourth-order valence-corrected chi connectivity index (χ4v) is 2.21. The average molecular weight is 340 g/mol. The quantitative estimate of drug-likeness (QED) is 0.832. The van der Waals surface area contributed by atoms with Crippen molar-refractivity contribution >= 4 is 28.3 Å². The van der Waals surface area contributed by atoms with Gasteiger partial charge in [0.15, 0.2) is 0 Å². The minimum atomic E-state index is 0.881. The molecular weight excluding hydrogens is 323 g/mol. The van der Waals surface area contributed by atoms with Crippen LogP contribution in [-0.2, 0) is 13.1 Å². The highest BCUT2D eigenvalue weighted by Crippen LogP contribution is 2.17. The molecular formula is C14H17IN2. The highest BCUT2D eigenvalue weighted by molar-refractivity contribution is 14.1. The molecule has 0 bridgehead atoms. The lowest BCUT2D eigenvalue weighted by Crippen LogP contribution is -1.99. The van der Waals surface area contributed by atoms with Crippen LogP contribution < -0.4 is 5.32 Å². The average Bonchev–Trinajstić information content (AvgIpc) is 2.79. The molecule has 0 aliphatic heterocycles. The number of aromatic nitrogens is 1. The smallest absolute Gasteiger partial charge is 0.0415 e. The Hall–Kier alpha value is -0.970. The van der Waals surface area contributed by atoms with Crippen molar-refractivity contribution in [2.24, 2.45) is 0 Å². The number of halogens is 1. The summed E-state index contributed by atoms with van der Waals surface area (Å²) in [5, 5.41) is 3.45. The number of hydrogen-bond donors (Lipinski definition) is 1. The maximum atomic E-state index is 3.45. The molecule has 2 rings (SSSR count). The fourth-order valence-electron chi connectivity index (χ4n) is 1.70. The summed E-state index contributed by atoms with van der Waals surface area (Å²) in [6.07, 6.45) is 4.31. The first-order chi connectivity index (χ1) is 8.19. The molecule has 0 saturated carbocycles. The van der Waals surface area contributed by atoms with Crippen LogP contribution in [0.25, 0.3) is 0 Å². The van der Waals surface area contributed by atoms with E-state index in [1.807, 2.05) is 0 Å². The molecule has 0 aliphatic rings. The van der Waals surface area contributed by atoms with Crippen molar-refractivity contribution in [2.75, 3.05) is 5.32 Å². The normalized spacial score (nSPS) is 10.5. The van der Waals surface area contributed by atoms with Gasteiger partial charge in [0.2, 0.25) is 0 Å². The third-order valence-electron chi connectivity index (χ3n) is 2.85. The first kappa shape index (κ1) is 12.5. The molecule has 1 aromatic carbocycles. The van der Waals surface area contributed by atoms with Gasteiger partial charge in [-0.15, -0.1) is 0 Å². The summed E-state index contributed by atoms with van der Waals surface area (Å²) < 4.78 is 3.49. The molecule has 0 radical (unpaired) electrons. The van der Waals surface area contributed by atoms with Gasteiger partial charge in [-0.2, -0.15) is 0 Å². The predicted molar refractivity (Wildman–Crippen MR) is 81.3 cm³/mol. The van der Waals surface area contributed by atoms with Crippen molar-refractivity contribution in [3.8, 4) is 0 Å². The summed E-state index contributed by atoms with van der Waals surface area (Å²) in [4.78, 5) is 0. The van der Waals surface area contributed by atoms with Gasteiger partial charge >= 0.3 is 0 Å². The Bertz CT molecular complexity index is 503. The van der Waals surface area contributed by atoms with Gasteiger partial charge < -0.3 is 9.88 Å². The Kier molecular flexibility index (Phi) is 4.10. The lowest BCUT2D eigenvalue weighted by molar-refractivity contribution is 0.766. The number of benzene rings is 1. The molecule has 1 heterocycles. The highest BCUT2D eigenvalue weighted by Gasteiger charge is 1.99. The molecule has 1 aromatic heterocycles. The number of aryl methyl sites for hydroxylation is 2. The minimum absolute atomic E-state index is 0.881. The Morgan fingerprint density at radius 1 is 1.29 bits per heavy atom. The maximum absolute atomic E-state index is 3.45. The van der Waals surface area contributed by atoms with Crippen LogP contribution in [0.3, 0.4) is 0 Å². The third-order valence-corrected chi connectivity index (χ3v) is 4.01. The standard InChI is InChI=1S/C14H17IN2/c1-3-17-7-6-12(10-17)9-16-13-5-4-11(2)14(15)8-13/h4-8,10,16H,3,9H2,1-2H3. The zero-order chi connectivity index (χ0) is 12.3. The monoisotopic (exact) mass is 340 g/mol. The summed E-state index contributed by atoms with van der Waals surface area (Å²) in [7, 11) is 0. The van der Waals surface area contributed by atoms with Gasteiger partial charge in [-0.1, -0.05) is 6.07 Å². The third kappa shape index (κ3) is 3.25. The first-order valence-electron chi connectivity index (χ1n) is 5.83. The van der Waals surface area contributed by atoms with E-state index in [-0.39, 0.29) is 0 Å². The number of nitrogens with zero attached hydrogens (tertiary/aromatic N) is 1. The molecule has 0 fully saturated rings. The van der Waals surface area contributed by atoms with Crippen LogP contribution in [0.2, 0.25) is 0 Å². The minimum Gasteiger partial charge on any atom is -0.381 e. The van der Waals surface area contributed by atoms with Gasteiger partial charge in [0.25, 0.3) is 0 Å². The summed E-state index contributed by atoms with van der Waals surface area (Å²) in [5.41, 5.74) is 3.83. The van der Waals surface area contributed by atoms with Crippen LogP contribution in [0.4, 0.5) is 5.69 Å². The summed E-state index contributed by atoms with van der Waals surface area (Å²) >= 11 is 2.37. The molecule has 1 N–H and O–H groups in total. The summed E-state index contributed by atoms with van der Waals surface area (Å²) in [6.45, 7) is 6.20. The molecule has 0 amide bonds. The Morgan fingerprint density at radius 3 is 2.76 bits per heavy atom. The Labute approximate surface area is 116 Å². The SMILES string of the molecule is CCn1ccc(CNc2ccc(C)c(I)c2)c1. The van der Waals surface area contributed by atoms with Crippen LogP contribution in [0.5, 0.6) is 0 Å². The second-order valence-electron chi connectivity index (χ2n) is 4.17. The van der Waals surface area contributed by atoms with E-state index in [1.54, 1.807) is 0 Å². The van der Waals surface area contributed by atoms with Gasteiger partial charge in [0, 0.05) is 34.7 Å². The van der Waals surface area contributed by atoms with E-state index in [1.165, 1.54) is 20.4 Å². The van der Waals surface area contributed by atoms with E-state index in [2.05, 4.69) is 83.0 Å². The Morgan fingerprint density at radius 2 is 2.12 bits per heavy atom. The van der Waals surface area contributed by atoms with Crippen molar-refractivity contribution in [1.82, 2.24) is 4.57 Å². The van der Waals surface area contributed by atoms with Gasteiger partial charge in [0.1, 0.15) is 0 Å². The lowest BCUT2D eigenvalue weighted by atomic mass is 10.2. The number of hydrogen-bond acceptors (Lipinski definition) is 1. The maximum Gasteiger partial charge on any atom is 0.0415 e. The van der Waals surface area contributed by atoms with Crippen molar-refractivity contribution in [3.63, 3.8) is 0 Å². The second kappa shape index (κ2) is 5.58. The lowest BCUT2D eigenvalue weighted by Gasteiger charge is -2.07. The number of nitrogens with one attached hydrogen (secondary N) is 1. The number of rotatable bonds is 4. The molecule has 90 valence electrons. The number of anilines is 1. The van der Waals surface area contributed by atoms with E-state index in [0.29, 0.717) is 0 Å². The zero-order valence-corrected chi connectivity index (χ0v) is 12.4. The van der Waals surface area contributed by atoms with E-state index in [4.69, 9.17) is 0 Å². The van der Waals surface area contributed by atoms with Crippen molar-refractivity contribution in [3.05, 3.63) is 51.4 Å². The summed E-state index contributed by atoms with van der Waals surface area (Å²) in [6, 6.07) is 8.64. The van der Waals surface area contributed by atoms with E-state index in [9.17, 15) is 0 Å². The van der Waals surface area contributed by atoms with Crippen LogP contribution >= 0.6 is 22.6 Å². The van der Waals surface area contributed by atoms with E-state index < -0.39 is 0 Å². The van der Waals surface area contributed by atoms with Crippen LogP contribution in [0.15, 0.2) is 36.7 Å². The molecule has 17 heavy (non-hydrogen) atoms. The molecule has 2 aromatic rings. The molecule has 0 spiro atoms. The molecule has 0 atom stereocenters. The van der Waals surface area contributed by atoms with Crippen molar-refractivity contribution in [2.45, 2.75) is 26.9 Å². The van der Waals surface area contributed by atoms with Gasteiger partial charge in [-0.3, -0.25) is 0 Å². The molecule has 0 aliphatic carbocycles. The second-order valence-corrected chi connectivity index (χ2v) is 5.33. The van der Waals surface area contributed by atoms with Gasteiger partial charge in [-0.05, 0) is 65.8 Å². The van der Waals surface area contributed by atoms with E-state index in [0.717, 1.165) is 13.1 Å². The fraction of sp³-hybridized carbons (Fsp3) is 0.286. The zero-order valence-electron chi connectivity index (χ0n) is 10.2. The predicted octanol–water partition coefficient (Wildman–Crippen LogP) is 4.03. The molecule has 0 unspecified atom stereocenters. The van der Waals surface area contributed by atoms with Crippen LogP contribution in [0.1, 0.15) is 18.1 Å². The molecule has 0 saturated heterocycles. The van der Waals surface area contributed by atoms with Gasteiger partial charge in [-0.25, -0.2) is 0 Å². The van der Waals surface area contributed by atoms with E-state index >= 15 is 0 Å². The van der Waals surface area contributed by atoms with Gasteiger partial charge in [0.05, 0.1) is 0 Å². The highest BCUT2D eigenvalue weighted by atomic mass is 127. The first-order valence-corrected chi connectivity index (χ1v) is 6.91. The van der Waals surface area contributed by atoms with Crippen LogP contribution in [0, 0.1) is 10.5 Å². The molecule has 3 heteroatoms. The summed E-state index contributed by atoms with van der Waals surface area (Å²) in [5.74, 6) is 0. The van der Waals surface area contributed by atoms with Crippen molar-refractivity contribution in [1.29, 1.82) is 0 Å². The topological polar surface area (TPSA) is 17.0 Å². The van der Waals surface area contributed by atoms with Crippen molar-refractivity contribution < 1.29 is 0 Å². The van der Waals surface area contributed by atoms with Crippen LogP contribution in [-0.4, -0.2) is 4.57 Å².